The van der Waals surface area contributed by atoms with E-state index in [-0.39, 0.29) is 23.8 Å². The molecule has 0 aliphatic rings. The first-order valence-corrected chi connectivity index (χ1v) is 11.2. The number of nitrogens with one attached hydrogen (secondary N) is 1. The van der Waals surface area contributed by atoms with Crippen molar-refractivity contribution in [1.29, 1.82) is 0 Å². The molecule has 1 amide bonds. The monoisotopic (exact) mass is 436 g/mol. The number of carbonyl (C=O) groups excluding carboxylic acids is 1. The molecule has 2 rings (SSSR count). The molecule has 30 heavy (non-hydrogen) atoms. The molecule has 2 aromatic carbocycles. The maximum Gasteiger partial charge on any atom is 0.254 e. The fourth-order valence-corrected chi connectivity index (χ4v) is 4.07. The molecule has 0 radical (unpaired) electrons. The number of nitrogens with zero attached hydrogens (tertiary/aromatic N) is 1. The van der Waals surface area contributed by atoms with Crippen LogP contribution in [0.4, 0.5) is 5.69 Å². The van der Waals surface area contributed by atoms with E-state index in [2.05, 4.69) is 5.32 Å². The highest BCUT2D eigenvalue weighted by Crippen LogP contribution is 2.36. The minimum absolute atomic E-state index is 0.155. The van der Waals surface area contributed by atoms with E-state index in [1.165, 1.54) is 26.4 Å². The summed E-state index contributed by atoms with van der Waals surface area (Å²) in [5.74, 6) is 0.935. The smallest absolute Gasteiger partial charge is 0.254 e. The fourth-order valence-electron chi connectivity index (χ4n) is 3.09. The van der Waals surface area contributed by atoms with Crippen molar-refractivity contribution in [1.82, 2.24) is 5.32 Å². The van der Waals surface area contributed by atoms with E-state index >= 15 is 0 Å². The Morgan fingerprint density at radius 1 is 1.03 bits per heavy atom. The molecule has 0 aliphatic carbocycles. The predicted octanol–water partition coefficient (Wildman–Crippen LogP) is 2.99. The Morgan fingerprint density at radius 2 is 1.60 bits per heavy atom. The molecule has 8 nitrogen and oxygen atoms in total. The maximum absolute atomic E-state index is 13.1. The highest BCUT2D eigenvalue weighted by atomic mass is 32.2. The SMILES string of the molecule is CCN(c1cc(OC)c(OC)cc1C(=O)N[C@@H](C)c1ccc(OC)cc1)S(C)(=O)=O. The summed E-state index contributed by atoms with van der Waals surface area (Å²) in [5.41, 5.74) is 1.26. The Morgan fingerprint density at radius 3 is 2.07 bits per heavy atom. The summed E-state index contributed by atoms with van der Waals surface area (Å²) in [6, 6.07) is 9.99. The van der Waals surface area contributed by atoms with E-state index < -0.39 is 15.9 Å². The Balaban J connectivity index is 2.47. The van der Waals surface area contributed by atoms with Crippen LogP contribution in [0.3, 0.4) is 0 Å². The van der Waals surface area contributed by atoms with Gasteiger partial charge in [-0.15, -0.1) is 0 Å². The average Bonchev–Trinajstić information content (AvgIpc) is 2.72. The molecular weight excluding hydrogens is 408 g/mol. The van der Waals surface area contributed by atoms with Crippen LogP contribution in [0.2, 0.25) is 0 Å². The largest absolute Gasteiger partial charge is 0.497 e. The molecule has 0 heterocycles. The first-order valence-electron chi connectivity index (χ1n) is 9.34. The van der Waals surface area contributed by atoms with Crippen LogP contribution in [-0.2, 0) is 10.0 Å². The number of hydrogen-bond acceptors (Lipinski definition) is 6. The molecule has 1 N–H and O–H groups in total. The number of benzene rings is 2. The van der Waals surface area contributed by atoms with E-state index in [1.54, 1.807) is 14.0 Å². The van der Waals surface area contributed by atoms with Gasteiger partial charge < -0.3 is 19.5 Å². The third-order valence-corrected chi connectivity index (χ3v) is 5.92. The van der Waals surface area contributed by atoms with Crippen molar-refractivity contribution in [2.75, 3.05) is 38.4 Å². The highest BCUT2D eigenvalue weighted by Gasteiger charge is 2.26. The van der Waals surface area contributed by atoms with Gasteiger partial charge in [0.1, 0.15) is 5.75 Å². The summed E-state index contributed by atoms with van der Waals surface area (Å²) in [6.45, 7) is 3.69. The summed E-state index contributed by atoms with van der Waals surface area (Å²) in [4.78, 5) is 13.1. The lowest BCUT2D eigenvalue weighted by molar-refractivity contribution is 0.0940. The van der Waals surface area contributed by atoms with Crippen LogP contribution in [0, 0.1) is 0 Å². The van der Waals surface area contributed by atoms with Crippen LogP contribution >= 0.6 is 0 Å². The van der Waals surface area contributed by atoms with Gasteiger partial charge in [0.2, 0.25) is 10.0 Å². The second kappa shape index (κ2) is 9.71. The zero-order valence-electron chi connectivity index (χ0n) is 18.1. The summed E-state index contributed by atoms with van der Waals surface area (Å²) in [5, 5.41) is 2.91. The lowest BCUT2D eigenvalue weighted by Crippen LogP contribution is -2.33. The molecule has 0 saturated carbocycles. The van der Waals surface area contributed by atoms with Gasteiger partial charge in [0.25, 0.3) is 5.91 Å². The summed E-state index contributed by atoms with van der Waals surface area (Å²) >= 11 is 0. The molecule has 0 spiro atoms. The number of anilines is 1. The van der Waals surface area contributed by atoms with Gasteiger partial charge in [0.05, 0.1) is 44.9 Å². The number of methoxy groups -OCH3 is 3. The van der Waals surface area contributed by atoms with E-state index in [4.69, 9.17) is 14.2 Å². The summed E-state index contributed by atoms with van der Waals surface area (Å²) < 4.78 is 41.5. The lowest BCUT2D eigenvalue weighted by atomic mass is 10.1. The van der Waals surface area contributed by atoms with Gasteiger partial charge in [-0.1, -0.05) is 12.1 Å². The normalized spacial score (nSPS) is 12.1. The molecule has 0 aromatic heterocycles. The maximum atomic E-state index is 13.1. The average molecular weight is 437 g/mol. The molecule has 164 valence electrons. The quantitative estimate of drug-likeness (QED) is 0.649. The third kappa shape index (κ3) is 5.15. The van der Waals surface area contributed by atoms with E-state index in [0.29, 0.717) is 17.2 Å². The minimum Gasteiger partial charge on any atom is -0.497 e. The molecule has 0 bridgehead atoms. The highest BCUT2D eigenvalue weighted by molar-refractivity contribution is 7.92. The molecule has 0 unspecified atom stereocenters. The molecule has 9 heteroatoms. The van der Waals surface area contributed by atoms with Crippen molar-refractivity contribution in [2.24, 2.45) is 0 Å². The van der Waals surface area contributed by atoms with Crippen LogP contribution < -0.4 is 23.8 Å². The van der Waals surface area contributed by atoms with E-state index in [1.807, 2.05) is 31.2 Å². The summed E-state index contributed by atoms with van der Waals surface area (Å²) in [7, 11) is 0.870. The second-order valence-electron chi connectivity index (χ2n) is 6.62. The Hall–Kier alpha value is -2.94. The Bertz CT molecular complexity index is 989. The number of ether oxygens (including phenoxy) is 3. The number of rotatable bonds is 9. The third-order valence-electron chi connectivity index (χ3n) is 4.67. The van der Waals surface area contributed by atoms with Gasteiger partial charge in [-0.05, 0) is 37.6 Å². The van der Waals surface area contributed by atoms with Crippen molar-refractivity contribution in [2.45, 2.75) is 19.9 Å². The van der Waals surface area contributed by atoms with Crippen LogP contribution in [0.15, 0.2) is 36.4 Å². The van der Waals surface area contributed by atoms with Crippen LogP contribution in [0.25, 0.3) is 0 Å². The Labute approximate surface area is 177 Å². The van der Waals surface area contributed by atoms with Gasteiger partial charge in [-0.2, -0.15) is 0 Å². The molecular formula is C21H28N2O6S. The van der Waals surface area contributed by atoms with Gasteiger partial charge in [0.15, 0.2) is 11.5 Å². The number of hydrogen-bond donors (Lipinski definition) is 1. The van der Waals surface area contributed by atoms with E-state index in [9.17, 15) is 13.2 Å². The van der Waals surface area contributed by atoms with Crippen LogP contribution in [0.1, 0.15) is 35.8 Å². The van der Waals surface area contributed by atoms with Crippen molar-refractivity contribution in [3.63, 3.8) is 0 Å². The van der Waals surface area contributed by atoms with Crippen molar-refractivity contribution in [3.05, 3.63) is 47.5 Å². The standard InChI is InChI=1S/C21H28N2O6S/c1-7-23(30(6,25)26)18-13-20(29-5)19(28-4)12-17(18)21(24)22-14(2)15-8-10-16(27-3)11-9-15/h8-14H,7H2,1-6H3,(H,22,24)/t14-/m0/s1. The first-order chi connectivity index (χ1) is 14.2. The zero-order chi connectivity index (χ0) is 22.5. The zero-order valence-corrected chi connectivity index (χ0v) is 18.9. The predicted molar refractivity (Wildman–Crippen MR) is 116 cm³/mol. The van der Waals surface area contributed by atoms with Gasteiger partial charge in [0, 0.05) is 12.6 Å². The molecule has 2 aromatic rings. The molecule has 0 fully saturated rings. The minimum atomic E-state index is -3.61. The van der Waals surface area contributed by atoms with E-state index in [0.717, 1.165) is 16.1 Å². The fraction of sp³-hybridized carbons (Fsp3) is 0.381. The summed E-state index contributed by atoms with van der Waals surface area (Å²) in [6.07, 6.45) is 1.09. The van der Waals surface area contributed by atoms with Crippen molar-refractivity contribution < 1.29 is 27.4 Å². The molecule has 0 aliphatic heterocycles. The second-order valence-corrected chi connectivity index (χ2v) is 8.53. The van der Waals surface area contributed by atoms with Gasteiger partial charge in [-0.25, -0.2) is 8.42 Å². The molecule has 0 saturated heterocycles. The number of carbonyl (C=O) groups is 1. The van der Waals surface area contributed by atoms with Gasteiger partial charge >= 0.3 is 0 Å². The first kappa shape index (κ1) is 23.3. The van der Waals surface area contributed by atoms with Gasteiger partial charge in [-0.3, -0.25) is 9.10 Å². The lowest BCUT2D eigenvalue weighted by Gasteiger charge is -2.25. The topological polar surface area (TPSA) is 94.2 Å². The Kier molecular flexibility index (Phi) is 7.55. The van der Waals surface area contributed by atoms with Crippen molar-refractivity contribution in [3.8, 4) is 17.2 Å². The van der Waals surface area contributed by atoms with Crippen LogP contribution in [-0.4, -0.2) is 48.5 Å². The number of sulfonamides is 1. The van der Waals surface area contributed by atoms with Crippen molar-refractivity contribution >= 4 is 21.6 Å². The molecule has 1 atom stereocenters. The van der Waals surface area contributed by atoms with Crippen LogP contribution in [0.5, 0.6) is 17.2 Å². The number of amides is 1.